The van der Waals surface area contributed by atoms with E-state index in [1.807, 2.05) is 12.1 Å². The molecule has 2 aliphatic carbocycles. The number of pyridine rings is 1. The molecule has 2 aromatic heterocycles. The molecule has 0 saturated carbocycles. The van der Waals surface area contributed by atoms with E-state index in [2.05, 4.69) is 16.4 Å². The van der Waals surface area contributed by atoms with Gasteiger partial charge in [-0.15, -0.1) is 11.3 Å². The molecule has 0 spiro atoms. The predicted octanol–water partition coefficient (Wildman–Crippen LogP) is 5.46. The molecule has 0 bridgehead atoms. The Bertz CT molecular complexity index is 1380. The van der Waals surface area contributed by atoms with Gasteiger partial charge in [0.2, 0.25) is 0 Å². The zero-order chi connectivity index (χ0) is 20.1. The number of thiophene rings is 1. The Kier molecular flexibility index (Phi) is 4.27. The van der Waals surface area contributed by atoms with E-state index in [0.29, 0.717) is 31.3 Å². The lowest BCUT2D eigenvalue weighted by Gasteiger charge is -2.19. The molecule has 4 nitrogen and oxygen atoms in total. The molecule has 0 aliphatic heterocycles. The summed E-state index contributed by atoms with van der Waals surface area (Å²) >= 11 is 7.71. The fraction of sp³-hybridized carbons (Fsp3) is 0.174. The number of phenols is 1. The average molecular weight is 422 g/mol. The van der Waals surface area contributed by atoms with Gasteiger partial charge in [0.25, 0.3) is 5.56 Å². The Balaban J connectivity index is 1.83. The number of nitrogens with one attached hydrogen (secondary N) is 1. The van der Waals surface area contributed by atoms with Gasteiger partial charge in [-0.05, 0) is 49.0 Å². The first-order valence-electron chi connectivity index (χ1n) is 9.36. The van der Waals surface area contributed by atoms with E-state index < -0.39 is 5.56 Å². The lowest BCUT2D eigenvalue weighted by atomic mass is 9.88. The van der Waals surface area contributed by atoms with Crippen LogP contribution in [0.5, 0.6) is 11.5 Å². The molecule has 0 saturated heterocycles. The third-order valence-electron chi connectivity index (χ3n) is 5.48. The highest BCUT2D eigenvalue weighted by atomic mass is 35.5. The number of aromatic nitrogens is 1. The summed E-state index contributed by atoms with van der Waals surface area (Å²) in [5.74, 6) is 0.0328. The second kappa shape index (κ2) is 6.84. The number of hydrogen-bond acceptors (Lipinski definition) is 4. The topological polar surface area (TPSA) is 73.3 Å². The van der Waals surface area contributed by atoms with Crippen molar-refractivity contribution in [3.8, 4) is 22.6 Å². The number of aromatic amines is 1. The van der Waals surface area contributed by atoms with Crippen LogP contribution in [0, 0.1) is 0 Å². The Hall–Kier alpha value is -2.94. The largest absolute Gasteiger partial charge is 0.507 e. The second-order valence-corrected chi connectivity index (χ2v) is 8.77. The molecule has 3 aromatic rings. The molecule has 0 unspecified atom stereocenters. The van der Waals surface area contributed by atoms with Gasteiger partial charge in [-0.2, -0.15) is 0 Å². The molecular weight excluding hydrogens is 406 g/mol. The maximum absolute atomic E-state index is 12.6. The normalized spacial score (nSPS) is 15.0. The number of phenolic OH excluding ortho intramolecular Hbond substituents is 1. The van der Waals surface area contributed by atoms with Crippen molar-refractivity contribution in [2.24, 2.45) is 0 Å². The Labute approximate surface area is 175 Å². The molecule has 3 N–H and O–H groups in total. The van der Waals surface area contributed by atoms with Crippen molar-refractivity contribution in [2.45, 2.75) is 25.7 Å². The smallest absolute Gasteiger partial charge is 0.261 e. The third-order valence-corrected chi connectivity index (χ3v) is 6.80. The molecule has 6 heteroatoms. The van der Waals surface area contributed by atoms with Crippen molar-refractivity contribution in [1.82, 2.24) is 4.98 Å². The molecule has 29 heavy (non-hydrogen) atoms. The van der Waals surface area contributed by atoms with Crippen molar-refractivity contribution in [1.29, 1.82) is 0 Å². The van der Waals surface area contributed by atoms with Gasteiger partial charge in [-0.25, -0.2) is 0 Å². The molecule has 2 heterocycles. The minimum atomic E-state index is -0.426. The van der Waals surface area contributed by atoms with Crippen LogP contribution >= 0.6 is 22.9 Å². The average Bonchev–Trinajstić information content (AvgIpc) is 3.05. The monoisotopic (exact) mass is 421 g/mol. The number of H-pyrrole nitrogens is 1. The highest BCUT2D eigenvalue weighted by molar-refractivity contribution is 7.23. The maximum Gasteiger partial charge on any atom is 0.261 e. The van der Waals surface area contributed by atoms with E-state index in [9.17, 15) is 15.0 Å². The fourth-order valence-electron chi connectivity index (χ4n) is 4.12. The molecule has 1 aromatic carbocycles. The van der Waals surface area contributed by atoms with Crippen LogP contribution in [-0.2, 0) is 12.8 Å². The van der Waals surface area contributed by atoms with E-state index in [0.717, 1.165) is 36.8 Å². The van der Waals surface area contributed by atoms with Crippen LogP contribution in [0.3, 0.4) is 0 Å². The van der Waals surface area contributed by atoms with Gasteiger partial charge >= 0.3 is 0 Å². The van der Waals surface area contributed by atoms with Crippen LogP contribution < -0.4 is 5.56 Å². The van der Waals surface area contributed by atoms with Gasteiger partial charge in [0.1, 0.15) is 20.7 Å². The number of aryl methyl sites for hydroxylation is 1. The molecule has 0 atom stereocenters. The van der Waals surface area contributed by atoms with Crippen molar-refractivity contribution in [2.75, 3.05) is 0 Å². The maximum atomic E-state index is 12.6. The standard InChI is InChI=1S/C23H16ClNO3S/c24-21-17(15-11-10-12-6-4-5-9-14(12)19(15)26)18-20(27)16(13-7-2-1-3-8-13)22(28)25-23(18)29-21/h1-2,7,10-11,26H,4-6,9H2,(H2,25,27,28). The number of hydrogen-bond donors (Lipinski definition) is 3. The zero-order valence-electron chi connectivity index (χ0n) is 15.3. The van der Waals surface area contributed by atoms with Gasteiger partial charge in [0.05, 0.1) is 10.9 Å². The van der Waals surface area contributed by atoms with E-state index in [1.165, 1.54) is 11.3 Å². The van der Waals surface area contributed by atoms with Crippen LogP contribution in [0.1, 0.15) is 29.5 Å². The number of benzene rings is 1. The van der Waals surface area contributed by atoms with Crippen molar-refractivity contribution in [3.63, 3.8) is 0 Å². The fourth-order valence-corrected chi connectivity index (χ4v) is 5.48. The molecule has 0 amide bonds. The highest BCUT2D eigenvalue weighted by Crippen LogP contribution is 2.49. The summed E-state index contributed by atoms with van der Waals surface area (Å²) in [4.78, 5) is 15.9. The van der Waals surface area contributed by atoms with Crippen molar-refractivity contribution < 1.29 is 10.2 Å². The summed E-state index contributed by atoms with van der Waals surface area (Å²) < 4.78 is 0.401. The van der Waals surface area contributed by atoms with Gasteiger partial charge in [0.15, 0.2) is 0 Å². The van der Waals surface area contributed by atoms with Crippen molar-refractivity contribution >= 4 is 38.7 Å². The molecule has 144 valence electrons. The number of halogens is 1. The summed E-state index contributed by atoms with van der Waals surface area (Å²) in [5.41, 5.74) is 9.00. The molecule has 5 rings (SSSR count). The first-order chi connectivity index (χ1) is 14.1. The van der Waals surface area contributed by atoms with Gasteiger partial charge < -0.3 is 15.2 Å². The zero-order valence-corrected chi connectivity index (χ0v) is 16.9. The van der Waals surface area contributed by atoms with Gasteiger partial charge in [-0.3, -0.25) is 4.79 Å². The predicted molar refractivity (Wildman–Crippen MR) is 117 cm³/mol. The van der Waals surface area contributed by atoms with Crippen LogP contribution in [-0.4, -0.2) is 15.2 Å². The van der Waals surface area contributed by atoms with E-state index in [-0.39, 0.29) is 17.1 Å². The van der Waals surface area contributed by atoms with E-state index in [1.54, 1.807) is 18.2 Å². The van der Waals surface area contributed by atoms with E-state index >= 15 is 0 Å². The first kappa shape index (κ1) is 18.1. The number of fused-ring (bicyclic) bond motifs is 2. The molecular formula is C23H16ClNO3S. The third kappa shape index (κ3) is 2.79. The molecule has 0 radical (unpaired) electrons. The SMILES string of the molecule is O=c1[nH]c2sc(Cl)c(-c3ccc4c(c3O)CCCC4)c2c(O)c1C1=C=C=CC=C1. The van der Waals surface area contributed by atoms with Crippen molar-refractivity contribution in [3.05, 3.63) is 73.2 Å². The Morgan fingerprint density at radius 3 is 2.72 bits per heavy atom. The Morgan fingerprint density at radius 1 is 1.10 bits per heavy atom. The van der Waals surface area contributed by atoms with Gasteiger partial charge in [-0.1, -0.05) is 41.3 Å². The summed E-state index contributed by atoms with van der Waals surface area (Å²) in [6.45, 7) is 0. The Morgan fingerprint density at radius 2 is 1.93 bits per heavy atom. The highest BCUT2D eigenvalue weighted by Gasteiger charge is 2.25. The first-order valence-corrected chi connectivity index (χ1v) is 10.6. The summed E-state index contributed by atoms with van der Waals surface area (Å²) in [5, 5.41) is 22.5. The minimum Gasteiger partial charge on any atom is -0.507 e. The molecule has 2 aliphatic rings. The lowest BCUT2D eigenvalue weighted by molar-refractivity contribution is 0.464. The number of rotatable bonds is 2. The van der Waals surface area contributed by atoms with E-state index in [4.69, 9.17) is 11.6 Å². The number of allylic oxidation sites excluding steroid dienone is 4. The van der Waals surface area contributed by atoms with Crippen LogP contribution in [0.15, 0.2) is 46.6 Å². The lowest BCUT2D eigenvalue weighted by Crippen LogP contribution is -2.11. The summed E-state index contributed by atoms with van der Waals surface area (Å²) in [6, 6.07) is 3.87. The second-order valence-electron chi connectivity index (χ2n) is 7.15. The van der Waals surface area contributed by atoms with Gasteiger partial charge in [0, 0.05) is 16.7 Å². The quantitative estimate of drug-likeness (QED) is 0.481. The van der Waals surface area contributed by atoms with Crippen LogP contribution in [0.25, 0.3) is 26.9 Å². The summed E-state index contributed by atoms with van der Waals surface area (Å²) in [6.07, 6.45) is 9.00. The van der Waals surface area contributed by atoms with Crippen LogP contribution in [0.4, 0.5) is 0 Å². The number of aromatic hydroxyl groups is 2. The summed E-state index contributed by atoms with van der Waals surface area (Å²) in [7, 11) is 0. The minimum absolute atomic E-state index is 0.113. The van der Waals surface area contributed by atoms with Crippen LogP contribution in [0.2, 0.25) is 4.34 Å². The molecule has 0 fully saturated rings.